The predicted molar refractivity (Wildman–Crippen MR) is 58.7 cm³/mol. The van der Waals surface area contributed by atoms with E-state index in [0.29, 0.717) is 16.3 Å². The van der Waals surface area contributed by atoms with Crippen LogP contribution in [0.3, 0.4) is 0 Å². The number of pyridine rings is 1. The maximum atomic E-state index is 13.0. The summed E-state index contributed by atoms with van der Waals surface area (Å²) in [6, 6.07) is 6.40. The van der Waals surface area contributed by atoms with Crippen molar-refractivity contribution < 1.29 is 4.39 Å². The van der Waals surface area contributed by atoms with Crippen molar-refractivity contribution in [2.75, 3.05) is 0 Å². The van der Waals surface area contributed by atoms with E-state index in [-0.39, 0.29) is 5.82 Å². The molecule has 2 aromatic rings. The van der Waals surface area contributed by atoms with Gasteiger partial charge in [-0.05, 0) is 37.1 Å². The van der Waals surface area contributed by atoms with Gasteiger partial charge in [0.05, 0.1) is 10.5 Å². The Morgan fingerprint density at radius 2 is 2.07 bits per heavy atom. The molecule has 76 valence electrons. The van der Waals surface area contributed by atoms with Crippen LogP contribution >= 0.6 is 11.6 Å². The molecule has 1 aromatic carbocycles. The summed E-state index contributed by atoms with van der Waals surface area (Å²) in [4.78, 5) is 4.49. The first-order valence-electron chi connectivity index (χ1n) is 5.00. The predicted octanol–water partition coefficient (Wildman–Crippen LogP) is 3.90. The van der Waals surface area contributed by atoms with E-state index in [2.05, 4.69) is 4.98 Å². The highest BCUT2D eigenvalue weighted by atomic mass is 35.5. The molecule has 15 heavy (non-hydrogen) atoms. The van der Waals surface area contributed by atoms with Crippen LogP contribution in [0.15, 0.2) is 24.3 Å². The molecule has 0 spiro atoms. The minimum Gasteiger partial charge on any atom is -0.252 e. The Morgan fingerprint density at radius 1 is 1.27 bits per heavy atom. The van der Waals surface area contributed by atoms with E-state index in [1.807, 2.05) is 6.07 Å². The van der Waals surface area contributed by atoms with Gasteiger partial charge >= 0.3 is 0 Å². The van der Waals surface area contributed by atoms with Crippen molar-refractivity contribution in [1.82, 2.24) is 4.98 Å². The molecule has 1 saturated carbocycles. The van der Waals surface area contributed by atoms with Crippen molar-refractivity contribution in [2.24, 2.45) is 0 Å². The SMILES string of the molecule is Fc1ccc2nc(C3CC3)cc(Cl)c2c1. The van der Waals surface area contributed by atoms with Gasteiger partial charge in [-0.25, -0.2) is 4.39 Å². The Kier molecular flexibility index (Phi) is 1.93. The molecule has 0 aliphatic heterocycles. The van der Waals surface area contributed by atoms with Gasteiger partial charge in [0, 0.05) is 17.0 Å². The summed E-state index contributed by atoms with van der Waals surface area (Å²) in [6.07, 6.45) is 2.38. The van der Waals surface area contributed by atoms with Crippen molar-refractivity contribution in [3.05, 3.63) is 40.8 Å². The summed E-state index contributed by atoms with van der Waals surface area (Å²) in [7, 11) is 0. The average Bonchev–Trinajstić information content (AvgIpc) is 3.02. The fraction of sp³-hybridized carbons (Fsp3) is 0.250. The van der Waals surface area contributed by atoms with Crippen LogP contribution in [0.2, 0.25) is 5.02 Å². The lowest BCUT2D eigenvalue weighted by Gasteiger charge is -2.04. The number of rotatable bonds is 1. The van der Waals surface area contributed by atoms with E-state index in [9.17, 15) is 4.39 Å². The minimum atomic E-state index is -0.273. The Bertz CT molecular complexity index is 534. The molecular weight excluding hydrogens is 213 g/mol. The average molecular weight is 222 g/mol. The van der Waals surface area contributed by atoms with E-state index in [0.717, 1.165) is 11.2 Å². The molecule has 0 amide bonds. The minimum absolute atomic E-state index is 0.273. The summed E-state index contributed by atoms with van der Waals surface area (Å²) in [5.41, 5.74) is 1.82. The molecule has 1 heterocycles. The zero-order chi connectivity index (χ0) is 10.4. The van der Waals surface area contributed by atoms with Gasteiger partial charge in [-0.15, -0.1) is 0 Å². The molecule has 3 heteroatoms. The van der Waals surface area contributed by atoms with E-state index < -0.39 is 0 Å². The Hall–Kier alpha value is -1.15. The molecule has 1 fully saturated rings. The zero-order valence-electron chi connectivity index (χ0n) is 8.00. The third-order valence-electron chi connectivity index (χ3n) is 2.74. The lowest BCUT2D eigenvalue weighted by Crippen LogP contribution is -1.89. The van der Waals surface area contributed by atoms with Crippen LogP contribution in [0.1, 0.15) is 24.5 Å². The van der Waals surface area contributed by atoms with Crippen LogP contribution in [0.4, 0.5) is 4.39 Å². The van der Waals surface area contributed by atoms with Crippen molar-refractivity contribution in [1.29, 1.82) is 0 Å². The van der Waals surface area contributed by atoms with Gasteiger partial charge in [-0.3, -0.25) is 4.98 Å². The second-order valence-corrected chi connectivity index (χ2v) is 4.37. The molecule has 1 aliphatic rings. The molecule has 1 nitrogen and oxygen atoms in total. The maximum Gasteiger partial charge on any atom is 0.124 e. The van der Waals surface area contributed by atoms with Crippen LogP contribution in [0.25, 0.3) is 10.9 Å². The highest BCUT2D eigenvalue weighted by molar-refractivity contribution is 6.35. The molecule has 0 atom stereocenters. The highest BCUT2D eigenvalue weighted by Crippen LogP contribution is 2.40. The van der Waals surface area contributed by atoms with Gasteiger partial charge in [-0.2, -0.15) is 0 Å². The van der Waals surface area contributed by atoms with E-state index in [1.165, 1.54) is 25.0 Å². The molecule has 3 rings (SSSR count). The number of halogens is 2. The second kappa shape index (κ2) is 3.17. The monoisotopic (exact) mass is 221 g/mol. The third-order valence-corrected chi connectivity index (χ3v) is 3.05. The normalized spacial score (nSPS) is 15.9. The lowest BCUT2D eigenvalue weighted by atomic mass is 10.1. The van der Waals surface area contributed by atoms with Crippen LogP contribution in [-0.4, -0.2) is 4.98 Å². The number of hydrogen-bond donors (Lipinski definition) is 0. The van der Waals surface area contributed by atoms with Gasteiger partial charge in [-0.1, -0.05) is 11.6 Å². The van der Waals surface area contributed by atoms with Crippen LogP contribution < -0.4 is 0 Å². The standard InChI is InChI=1S/C12H9ClFN/c13-10-6-12(7-1-2-7)15-11-4-3-8(14)5-9(10)11/h3-7H,1-2H2. The molecule has 0 radical (unpaired) electrons. The van der Waals surface area contributed by atoms with Crippen molar-refractivity contribution in [2.45, 2.75) is 18.8 Å². The maximum absolute atomic E-state index is 13.0. The van der Waals surface area contributed by atoms with Crippen LogP contribution in [0.5, 0.6) is 0 Å². The smallest absolute Gasteiger partial charge is 0.124 e. The Balaban J connectivity index is 2.26. The summed E-state index contributed by atoms with van der Waals surface area (Å²) in [6.45, 7) is 0. The molecule has 1 aliphatic carbocycles. The van der Waals surface area contributed by atoms with Crippen LogP contribution in [-0.2, 0) is 0 Å². The molecule has 0 unspecified atom stereocenters. The van der Waals surface area contributed by atoms with Gasteiger partial charge < -0.3 is 0 Å². The Labute approximate surface area is 91.9 Å². The Morgan fingerprint density at radius 3 is 2.80 bits per heavy atom. The van der Waals surface area contributed by atoms with Crippen molar-refractivity contribution in [3.63, 3.8) is 0 Å². The number of benzene rings is 1. The van der Waals surface area contributed by atoms with Gasteiger partial charge in [0.2, 0.25) is 0 Å². The highest BCUT2D eigenvalue weighted by Gasteiger charge is 2.25. The first-order chi connectivity index (χ1) is 7.24. The number of fused-ring (bicyclic) bond motifs is 1. The molecule has 0 bridgehead atoms. The largest absolute Gasteiger partial charge is 0.252 e. The van der Waals surface area contributed by atoms with Gasteiger partial charge in [0.25, 0.3) is 0 Å². The third kappa shape index (κ3) is 1.59. The number of nitrogens with zero attached hydrogens (tertiary/aromatic N) is 1. The molecule has 1 aromatic heterocycles. The van der Waals surface area contributed by atoms with E-state index in [1.54, 1.807) is 6.07 Å². The number of hydrogen-bond acceptors (Lipinski definition) is 1. The first kappa shape index (κ1) is 9.10. The lowest BCUT2D eigenvalue weighted by molar-refractivity contribution is 0.629. The van der Waals surface area contributed by atoms with Crippen molar-refractivity contribution in [3.8, 4) is 0 Å². The topological polar surface area (TPSA) is 12.9 Å². The second-order valence-electron chi connectivity index (χ2n) is 3.96. The van der Waals surface area contributed by atoms with Gasteiger partial charge in [0.15, 0.2) is 0 Å². The van der Waals surface area contributed by atoms with Crippen molar-refractivity contribution >= 4 is 22.5 Å². The summed E-state index contributed by atoms with van der Waals surface area (Å²) >= 11 is 6.10. The number of aromatic nitrogens is 1. The van der Waals surface area contributed by atoms with Gasteiger partial charge in [0.1, 0.15) is 5.82 Å². The van der Waals surface area contributed by atoms with Crippen LogP contribution in [0, 0.1) is 5.82 Å². The van der Waals surface area contributed by atoms with E-state index >= 15 is 0 Å². The summed E-state index contributed by atoms with van der Waals surface area (Å²) < 4.78 is 13.0. The molecule has 0 N–H and O–H groups in total. The van der Waals surface area contributed by atoms with E-state index in [4.69, 9.17) is 11.6 Å². The fourth-order valence-corrected chi connectivity index (χ4v) is 2.03. The zero-order valence-corrected chi connectivity index (χ0v) is 8.76. The quantitative estimate of drug-likeness (QED) is 0.712. The molecule has 0 saturated heterocycles. The summed E-state index contributed by atoms with van der Waals surface area (Å²) in [5, 5.41) is 1.29. The first-order valence-corrected chi connectivity index (χ1v) is 5.37. The molecular formula is C12H9ClFN. The summed E-state index contributed by atoms with van der Waals surface area (Å²) in [5.74, 6) is 0.294. The fourth-order valence-electron chi connectivity index (χ4n) is 1.76.